The normalized spacial score (nSPS) is 11.6. The molecule has 0 fully saturated rings. The number of carbonyl (C=O) groups is 2. The number of likely N-dealkylation sites (N-methyl/N-ethyl adjacent to an activating group) is 1. The molecule has 2 N–H and O–H groups in total. The predicted molar refractivity (Wildman–Crippen MR) is 78.9 cm³/mol. The molecule has 0 bridgehead atoms. The minimum Gasteiger partial charge on any atom is -0.497 e. The minimum absolute atomic E-state index is 0.352. The molecule has 0 aliphatic rings. The van der Waals surface area contributed by atoms with Gasteiger partial charge in [-0.25, -0.2) is 0 Å². The van der Waals surface area contributed by atoms with E-state index in [-0.39, 0.29) is 0 Å². The monoisotopic (exact) mass is 316 g/mol. The van der Waals surface area contributed by atoms with Crippen LogP contribution in [0, 0.1) is 0 Å². The number of benzene rings is 1. The Morgan fingerprint density at radius 3 is 2.15 bits per heavy atom. The van der Waals surface area contributed by atoms with Gasteiger partial charge in [-0.3, -0.25) is 9.59 Å². The first-order valence-corrected chi connectivity index (χ1v) is 6.49. The van der Waals surface area contributed by atoms with E-state index in [1.807, 2.05) is 0 Å². The number of methoxy groups -OCH3 is 1. The van der Waals surface area contributed by atoms with Gasteiger partial charge in [-0.05, 0) is 31.2 Å². The van der Waals surface area contributed by atoms with Crippen molar-refractivity contribution < 1.29 is 14.3 Å². The summed E-state index contributed by atoms with van der Waals surface area (Å²) < 4.78 is 5.04. The van der Waals surface area contributed by atoms with Crippen molar-refractivity contribution >= 4 is 40.7 Å². The van der Waals surface area contributed by atoms with Crippen LogP contribution in [-0.2, 0) is 9.59 Å². The Balaban J connectivity index is 3.09. The van der Waals surface area contributed by atoms with Crippen molar-refractivity contribution in [3.8, 4) is 5.75 Å². The predicted octanol–water partition coefficient (Wildman–Crippen LogP) is 2.22. The maximum atomic E-state index is 12.2. The molecular weight excluding hydrogens is 303 g/mol. The first-order chi connectivity index (χ1) is 9.42. The molecule has 2 amide bonds. The highest BCUT2D eigenvalue weighted by Crippen LogP contribution is 2.23. The average Bonchev–Trinajstić information content (AvgIpc) is 2.46. The highest BCUT2D eigenvalue weighted by molar-refractivity contribution is 6.54. The van der Waals surface area contributed by atoms with Crippen LogP contribution in [0.4, 0.5) is 5.69 Å². The van der Waals surface area contributed by atoms with Crippen LogP contribution < -0.4 is 15.4 Å². The van der Waals surface area contributed by atoms with Gasteiger partial charge in [0.05, 0.1) is 7.11 Å². The lowest BCUT2D eigenvalue weighted by atomic mass is 10.2. The minimum atomic E-state index is -0.948. The summed E-state index contributed by atoms with van der Waals surface area (Å²) in [5, 5.41) is -0.888. The SMILES string of the molecule is CCN(C(=O)/C(Cl)=C(/Cl)C(N)=O)c1ccc(OC)cc1. The molecular formula is C13H14Cl2N2O3. The molecule has 0 aliphatic heterocycles. The number of primary amides is 1. The van der Waals surface area contributed by atoms with Gasteiger partial charge in [0.1, 0.15) is 15.8 Å². The molecule has 0 spiro atoms. The van der Waals surface area contributed by atoms with Crippen molar-refractivity contribution in [2.75, 3.05) is 18.6 Å². The highest BCUT2D eigenvalue weighted by atomic mass is 35.5. The molecule has 0 unspecified atom stereocenters. The lowest BCUT2D eigenvalue weighted by molar-refractivity contribution is -0.116. The van der Waals surface area contributed by atoms with Gasteiger partial charge >= 0.3 is 0 Å². The topological polar surface area (TPSA) is 72.6 Å². The summed E-state index contributed by atoms with van der Waals surface area (Å²) in [6, 6.07) is 6.81. The Bertz CT molecular complexity index is 541. The summed E-state index contributed by atoms with van der Waals surface area (Å²) in [4.78, 5) is 24.5. The van der Waals surface area contributed by atoms with Crippen LogP contribution in [0.15, 0.2) is 34.3 Å². The Kier molecular flexibility index (Phi) is 5.85. The molecule has 1 aromatic rings. The summed E-state index contributed by atoms with van der Waals surface area (Å²) in [6.07, 6.45) is 0. The Morgan fingerprint density at radius 1 is 1.20 bits per heavy atom. The van der Waals surface area contributed by atoms with Crippen LogP contribution >= 0.6 is 23.2 Å². The molecule has 0 radical (unpaired) electrons. The molecule has 0 aliphatic carbocycles. The van der Waals surface area contributed by atoms with Crippen LogP contribution in [0.3, 0.4) is 0 Å². The zero-order chi connectivity index (χ0) is 15.3. The van der Waals surface area contributed by atoms with Crippen LogP contribution in [0.2, 0.25) is 0 Å². The van der Waals surface area contributed by atoms with Gasteiger partial charge < -0.3 is 15.4 Å². The number of rotatable bonds is 5. The van der Waals surface area contributed by atoms with Crippen molar-refractivity contribution in [2.24, 2.45) is 5.73 Å². The fourth-order valence-corrected chi connectivity index (χ4v) is 1.80. The van der Waals surface area contributed by atoms with E-state index in [0.717, 1.165) is 0 Å². The number of hydrogen-bond donors (Lipinski definition) is 1. The van der Waals surface area contributed by atoms with E-state index < -0.39 is 21.9 Å². The number of nitrogens with two attached hydrogens (primary N) is 1. The van der Waals surface area contributed by atoms with Crippen LogP contribution in [-0.4, -0.2) is 25.5 Å². The Hall–Kier alpha value is -1.72. The quantitative estimate of drug-likeness (QED) is 0.846. The van der Waals surface area contributed by atoms with Crippen molar-refractivity contribution in [3.63, 3.8) is 0 Å². The van der Waals surface area contributed by atoms with Gasteiger partial charge in [-0.1, -0.05) is 23.2 Å². The zero-order valence-electron chi connectivity index (χ0n) is 11.0. The van der Waals surface area contributed by atoms with Gasteiger partial charge in [-0.2, -0.15) is 0 Å². The molecule has 0 aromatic heterocycles. The first kappa shape index (κ1) is 16.3. The van der Waals surface area contributed by atoms with Crippen molar-refractivity contribution in [1.82, 2.24) is 0 Å². The van der Waals surface area contributed by atoms with E-state index in [9.17, 15) is 9.59 Å². The lowest BCUT2D eigenvalue weighted by Gasteiger charge is -2.21. The van der Waals surface area contributed by atoms with Crippen LogP contribution in [0.1, 0.15) is 6.92 Å². The van der Waals surface area contributed by atoms with E-state index in [0.29, 0.717) is 18.0 Å². The maximum absolute atomic E-state index is 12.2. The summed E-state index contributed by atoms with van der Waals surface area (Å²) in [7, 11) is 1.55. The molecule has 5 nitrogen and oxygen atoms in total. The number of hydrogen-bond acceptors (Lipinski definition) is 3. The third-order valence-electron chi connectivity index (χ3n) is 2.54. The van der Waals surface area contributed by atoms with Gasteiger partial charge in [0, 0.05) is 12.2 Å². The number of carbonyl (C=O) groups excluding carboxylic acids is 2. The maximum Gasteiger partial charge on any atom is 0.271 e. The number of anilines is 1. The molecule has 0 saturated heterocycles. The molecule has 0 heterocycles. The zero-order valence-corrected chi connectivity index (χ0v) is 12.5. The average molecular weight is 317 g/mol. The van der Waals surface area contributed by atoms with E-state index in [2.05, 4.69) is 0 Å². The van der Waals surface area contributed by atoms with Crippen molar-refractivity contribution in [1.29, 1.82) is 0 Å². The largest absolute Gasteiger partial charge is 0.497 e. The third-order valence-corrected chi connectivity index (χ3v) is 3.36. The fourth-order valence-electron chi connectivity index (χ4n) is 1.53. The summed E-state index contributed by atoms with van der Waals surface area (Å²) >= 11 is 11.4. The Labute approximate surface area is 126 Å². The molecule has 7 heteroatoms. The van der Waals surface area contributed by atoms with Crippen LogP contribution in [0.25, 0.3) is 0 Å². The first-order valence-electron chi connectivity index (χ1n) is 5.73. The fraction of sp³-hybridized carbons (Fsp3) is 0.231. The number of nitrogens with zero attached hydrogens (tertiary/aromatic N) is 1. The highest BCUT2D eigenvalue weighted by Gasteiger charge is 2.22. The smallest absolute Gasteiger partial charge is 0.271 e. The summed E-state index contributed by atoms with van der Waals surface area (Å²) in [6.45, 7) is 2.12. The molecule has 1 aromatic carbocycles. The van der Waals surface area contributed by atoms with E-state index in [1.54, 1.807) is 38.3 Å². The molecule has 0 atom stereocenters. The third kappa shape index (κ3) is 3.65. The van der Waals surface area contributed by atoms with Gasteiger partial charge in [0.2, 0.25) is 0 Å². The lowest BCUT2D eigenvalue weighted by Crippen LogP contribution is -2.31. The van der Waals surface area contributed by atoms with Crippen molar-refractivity contribution in [2.45, 2.75) is 6.92 Å². The van der Waals surface area contributed by atoms with E-state index >= 15 is 0 Å². The molecule has 108 valence electrons. The van der Waals surface area contributed by atoms with Crippen LogP contribution in [0.5, 0.6) is 5.75 Å². The second-order valence-electron chi connectivity index (χ2n) is 3.74. The molecule has 20 heavy (non-hydrogen) atoms. The standard InChI is InChI=1S/C13H14Cl2N2O3/c1-3-17(8-4-6-9(20-2)7-5-8)13(19)11(15)10(14)12(16)18/h4-7H,3H2,1-2H3,(H2,16,18)/b11-10-. The van der Waals surface area contributed by atoms with Gasteiger partial charge in [-0.15, -0.1) is 0 Å². The summed E-state index contributed by atoms with van der Waals surface area (Å²) in [5.41, 5.74) is 5.59. The van der Waals surface area contributed by atoms with Crippen molar-refractivity contribution in [3.05, 3.63) is 34.3 Å². The number of amides is 2. The van der Waals surface area contributed by atoms with Gasteiger partial charge in [0.25, 0.3) is 11.8 Å². The number of ether oxygens (including phenoxy) is 1. The second kappa shape index (κ2) is 7.17. The van der Waals surface area contributed by atoms with E-state index in [1.165, 1.54) is 4.90 Å². The molecule has 0 saturated carbocycles. The van der Waals surface area contributed by atoms with E-state index in [4.69, 9.17) is 33.7 Å². The van der Waals surface area contributed by atoms with Gasteiger partial charge in [0.15, 0.2) is 0 Å². The second-order valence-corrected chi connectivity index (χ2v) is 4.50. The Morgan fingerprint density at radius 2 is 1.75 bits per heavy atom. The summed E-state index contributed by atoms with van der Waals surface area (Å²) in [5.74, 6) is -0.881. The number of halogens is 2. The molecule has 1 rings (SSSR count).